The summed E-state index contributed by atoms with van der Waals surface area (Å²) in [6.07, 6.45) is 3.31. The number of aliphatic imine (C=N–C) groups is 1. The van der Waals surface area contributed by atoms with Crippen LogP contribution in [0.25, 0.3) is 0 Å². The summed E-state index contributed by atoms with van der Waals surface area (Å²) in [5.41, 5.74) is 0.128. The Balaban J connectivity index is 0.00000676. The lowest BCUT2D eigenvalue weighted by atomic mass is 9.93. The van der Waals surface area contributed by atoms with Crippen molar-refractivity contribution >= 4 is 40.0 Å². The highest BCUT2D eigenvalue weighted by Crippen LogP contribution is 2.18. The normalized spacial score (nSPS) is 12.4. The van der Waals surface area contributed by atoms with Crippen LogP contribution in [0, 0.1) is 0 Å². The summed E-state index contributed by atoms with van der Waals surface area (Å²) in [4.78, 5) is 4.58. The van der Waals surface area contributed by atoms with E-state index in [4.69, 9.17) is 5.14 Å². The van der Waals surface area contributed by atoms with Gasteiger partial charge in [-0.05, 0) is 37.5 Å². The van der Waals surface area contributed by atoms with Gasteiger partial charge in [-0.3, -0.25) is 0 Å². The minimum atomic E-state index is -3.68. The molecule has 0 saturated heterocycles. The molecule has 27 heavy (non-hydrogen) atoms. The Morgan fingerprint density at radius 1 is 1.11 bits per heavy atom. The van der Waals surface area contributed by atoms with Crippen molar-refractivity contribution in [1.82, 2.24) is 10.6 Å². The summed E-state index contributed by atoms with van der Waals surface area (Å²) in [5.74, 6) is 0.619. The smallest absolute Gasteiger partial charge is 0.238 e. The number of nitrogens with zero attached hydrogens (tertiary/aromatic N) is 1. The Kier molecular flexibility index (Phi) is 12.1. The van der Waals surface area contributed by atoms with E-state index in [1.54, 1.807) is 12.1 Å². The largest absolute Gasteiger partial charge is 0.388 e. The van der Waals surface area contributed by atoms with Gasteiger partial charge in [-0.15, -0.1) is 24.0 Å². The molecule has 0 amide bonds. The van der Waals surface area contributed by atoms with Crippen molar-refractivity contribution in [2.24, 2.45) is 10.1 Å². The first-order valence-electron chi connectivity index (χ1n) is 9.10. The van der Waals surface area contributed by atoms with Crippen molar-refractivity contribution in [3.05, 3.63) is 29.8 Å². The van der Waals surface area contributed by atoms with E-state index in [0.29, 0.717) is 25.6 Å². The number of benzene rings is 1. The molecule has 0 unspecified atom stereocenters. The number of hydrogen-bond acceptors (Lipinski definition) is 4. The molecule has 0 heterocycles. The molecule has 0 radical (unpaired) electrons. The van der Waals surface area contributed by atoms with E-state index in [9.17, 15) is 13.5 Å². The molecule has 0 atom stereocenters. The minimum Gasteiger partial charge on any atom is -0.388 e. The standard InChI is InChI=1S/C18H32N4O3S.HI/c1-4-11-18(23,12-5-2)14-22-17(20-6-3)21-13-15-7-9-16(10-8-15)26(19,24)25;/h7-10,23H,4-6,11-14H2,1-3H3,(H2,19,24,25)(H2,20,21,22);1H. The molecule has 0 bridgehead atoms. The third-order valence-corrected chi connectivity index (χ3v) is 4.96. The highest BCUT2D eigenvalue weighted by Gasteiger charge is 2.24. The fourth-order valence-electron chi connectivity index (χ4n) is 2.78. The van der Waals surface area contributed by atoms with Crippen LogP contribution in [0.5, 0.6) is 0 Å². The molecule has 1 aromatic carbocycles. The van der Waals surface area contributed by atoms with Gasteiger partial charge in [0.15, 0.2) is 5.96 Å². The van der Waals surface area contributed by atoms with E-state index in [2.05, 4.69) is 29.5 Å². The van der Waals surface area contributed by atoms with Crippen molar-refractivity contribution in [2.75, 3.05) is 13.1 Å². The van der Waals surface area contributed by atoms with Gasteiger partial charge in [-0.25, -0.2) is 18.5 Å². The molecule has 5 N–H and O–H groups in total. The highest BCUT2D eigenvalue weighted by molar-refractivity contribution is 14.0. The van der Waals surface area contributed by atoms with Crippen molar-refractivity contribution in [2.45, 2.75) is 63.5 Å². The van der Waals surface area contributed by atoms with Gasteiger partial charge in [0.05, 0.1) is 17.0 Å². The monoisotopic (exact) mass is 512 g/mol. The Bertz CT molecular complexity index is 672. The molecule has 1 aromatic rings. The minimum absolute atomic E-state index is 0. The first-order chi connectivity index (χ1) is 12.2. The van der Waals surface area contributed by atoms with Crippen molar-refractivity contribution in [1.29, 1.82) is 0 Å². The number of sulfonamides is 1. The SMILES string of the molecule is CCCC(O)(CCC)CNC(=NCc1ccc(S(N)(=O)=O)cc1)NCC.I. The van der Waals surface area contributed by atoms with Crippen LogP contribution in [-0.4, -0.2) is 38.2 Å². The highest BCUT2D eigenvalue weighted by atomic mass is 127. The molecule has 0 aliphatic rings. The number of primary sulfonamides is 1. The van der Waals surface area contributed by atoms with Crippen LogP contribution in [0.3, 0.4) is 0 Å². The summed E-state index contributed by atoms with van der Waals surface area (Å²) < 4.78 is 22.6. The zero-order chi connectivity index (χ0) is 19.6. The van der Waals surface area contributed by atoms with E-state index in [1.807, 2.05) is 6.92 Å². The molecule has 0 aliphatic heterocycles. The third-order valence-electron chi connectivity index (χ3n) is 4.03. The Morgan fingerprint density at radius 2 is 1.67 bits per heavy atom. The van der Waals surface area contributed by atoms with Gasteiger partial charge in [0.2, 0.25) is 10.0 Å². The summed E-state index contributed by atoms with van der Waals surface area (Å²) in [6.45, 7) is 7.62. The quantitative estimate of drug-likeness (QED) is 0.218. The molecule has 0 aliphatic carbocycles. The Morgan fingerprint density at radius 3 is 2.11 bits per heavy atom. The average Bonchev–Trinajstić information content (AvgIpc) is 2.57. The van der Waals surface area contributed by atoms with Gasteiger partial charge in [0, 0.05) is 13.1 Å². The second kappa shape index (κ2) is 12.5. The molecule has 0 spiro atoms. The van der Waals surface area contributed by atoms with Gasteiger partial charge in [-0.1, -0.05) is 38.8 Å². The number of nitrogens with one attached hydrogen (secondary N) is 2. The maximum atomic E-state index is 11.3. The predicted molar refractivity (Wildman–Crippen MR) is 121 cm³/mol. The second-order valence-electron chi connectivity index (χ2n) is 6.46. The summed E-state index contributed by atoms with van der Waals surface area (Å²) in [7, 11) is -3.68. The first-order valence-corrected chi connectivity index (χ1v) is 10.6. The van der Waals surface area contributed by atoms with E-state index in [1.165, 1.54) is 12.1 Å². The maximum Gasteiger partial charge on any atom is 0.238 e. The fourth-order valence-corrected chi connectivity index (χ4v) is 3.29. The van der Waals surface area contributed by atoms with Crippen LogP contribution >= 0.6 is 24.0 Å². The molecular formula is C18H33IN4O3S. The first kappa shape index (κ1) is 26.1. The lowest BCUT2D eigenvalue weighted by Crippen LogP contribution is -2.47. The lowest BCUT2D eigenvalue weighted by Gasteiger charge is -2.28. The van der Waals surface area contributed by atoms with Crippen LogP contribution < -0.4 is 15.8 Å². The molecule has 0 saturated carbocycles. The van der Waals surface area contributed by atoms with Crippen molar-refractivity contribution in [3.8, 4) is 0 Å². The predicted octanol–water partition coefficient (Wildman–Crippen LogP) is 2.34. The molecule has 1 rings (SSSR count). The van der Waals surface area contributed by atoms with Crippen LogP contribution in [0.2, 0.25) is 0 Å². The van der Waals surface area contributed by atoms with E-state index < -0.39 is 15.6 Å². The summed E-state index contributed by atoms with van der Waals surface area (Å²) in [5, 5.41) is 22.2. The van der Waals surface area contributed by atoms with E-state index >= 15 is 0 Å². The van der Waals surface area contributed by atoms with Gasteiger partial charge < -0.3 is 15.7 Å². The molecule has 7 nitrogen and oxygen atoms in total. The fraction of sp³-hybridized carbons (Fsp3) is 0.611. The summed E-state index contributed by atoms with van der Waals surface area (Å²) >= 11 is 0. The number of nitrogens with two attached hydrogens (primary N) is 1. The number of halogens is 1. The van der Waals surface area contributed by atoms with Gasteiger partial charge in [0.1, 0.15) is 0 Å². The van der Waals surface area contributed by atoms with Crippen LogP contribution in [0.4, 0.5) is 0 Å². The zero-order valence-corrected chi connectivity index (χ0v) is 19.5. The average molecular weight is 512 g/mol. The van der Waals surface area contributed by atoms with Crippen LogP contribution in [0.15, 0.2) is 34.2 Å². The van der Waals surface area contributed by atoms with Gasteiger partial charge in [-0.2, -0.15) is 0 Å². The molecular weight excluding hydrogens is 479 g/mol. The number of hydrogen-bond donors (Lipinski definition) is 4. The molecule has 156 valence electrons. The van der Waals surface area contributed by atoms with Gasteiger partial charge in [0.25, 0.3) is 0 Å². The number of guanidine groups is 1. The maximum absolute atomic E-state index is 11.3. The lowest BCUT2D eigenvalue weighted by molar-refractivity contribution is 0.0257. The zero-order valence-electron chi connectivity index (χ0n) is 16.4. The van der Waals surface area contributed by atoms with Crippen LogP contribution in [-0.2, 0) is 16.6 Å². The van der Waals surface area contributed by atoms with Crippen LogP contribution in [0.1, 0.15) is 52.0 Å². The molecule has 0 fully saturated rings. The second-order valence-corrected chi connectivity index (χ2v) is 8.02. The summed E-state index contributed by atoms with van der Waals surface area (Å²) in [6, 6.07) is 6.33. The van der Waals surface area contributed by atoms with E-state index in [-0.39, 0.29) is 28.9 Å². The molecule has 9 heteroatoms. The van der Waals surface area contributed by atoms with Gasteiger partial charge >= 0.3 is 0 Å². The van der Waals surface area contributed by atoms with E-state index in [0.717, 1.165) is 31.2 Å². The van der Waals surface area contributed by atoms with Crippen molar-refractivity contribution < 1.29 is 13.5 Å². The third kappa shape index (κ3) is 9.72. The Labute approximate surface area is 180 Å². The number of rotatable bonds is 10. The molecule has 0 aromatic heterocycles. The Hall–Kier alpha value is -0.910. The topological polar surface area (TPSA) is 117 Å². The van der Waals surface area contributed by atoms with Crippen molar-refractivity contribution in [3.63, 3.8) is 0 Å². The number of aliphatic hydroxyl groups is 1.